The van der Waals surface area contributed by atoms with Crippen LogP contribution in [-0.2, 0) is 22.7 Å². The number of pyridine rings is 2. The molecule has 1 aliphatic carbocycles. The van der Waals surface area contributed by atoms with E-state index in [1.165, 1.54) is 0 Å². The number of aliphatic carboxylic acids is 2. The van der Waals surface area contributed by atoms with Crippen molar-refractivity contribution >= 4 is 11.9 Å². The molecule has 8 nitrogen and oxygen atoms in total. The molecular formula is C22H28N4O4. The van der Waals surface area contributed by atoms with E-state index in [1.807, 2.05) is 46.2 Å². The Bertz CT molecular complexity index is 749. The number of carboxylic acid groups (broad SMARTS) is 2. The normalized spacial score (nSPS) is 19.1. The van der Waals surface area contributed by atoms with E-state index in [1.54, 1.807) is 12.4 Å². The number of nitrogens with zero attached hydrogens (tertiary/aromatic N) is 4. The smallest absolute Gasteiger partial charge is 0.317 e. The minimum absolute atomic E-state index is 0.0695. The lowest BCUT2D eigenvalue weighted by Crippen LogP contribution is -2.55. The zero-order valence-corrected chi connectivity index (χ0v) is 16.9. The van der Waals surface area contributed by atoms with Crippen LogP contribution in [0.25, 0.3) is 0 Å². The third-order valence-corrected chi connectivity index (χ3v) is 5.49. The van der Waals surface area contributed by atoms with Gasteiger partial charge in [-0.25, -0.2) is 0 Å². The Kier molecular flexibility index (Phi) is 7.87. The van der Waals surface area contributed by atoms with Gasteiger partial charge in [0.15, 0.2) is 0 Å². The van der Waals surface area contributed by atoms with Gasteiger partial charge >= 0.3 is 11.9 Å². The summed E-state index contributed by atoms with van der Waals surface area (Å²) in [5, 5.41) is 19.0. The first-order valence-corrected chi connectivity index (χ1v) is 10.2. The van der Waals surface area contributed by atoms with Crippen molar-refractivity contribution in [3.63, 3.8) is 0 Å². The van der Waals surface area contributed by atoms with Gasteiger partial charge in [0.2, 0.25) is 0 Å². The standard InChI is InChI=1S/C22H28N4O4/c27-21(28)15-25(13-17-7-3-5-11-23-17)19-9-1-2-10-20(19)26(16-22(29)30)14-18-8-4-6-12-24-18/h3-8,11-12,19-20H,1-2,9-10,13-16H2,(H,27,28)(H,29,30)/t19-,20-/m0/s1. The van der Waals surface area contributed by atoms with Crippen molar-refractivity contribution in [2.45, 2.75) is 50.9 Å². The Hall–Kier alpha value is -2.84. The topological polar surface area (TPSA) is 107 Å². The van der Waals surface area contributed by atoms with Crippen LogP contribution in [0.2, 0.25) is 0 Å². The summed E-state index contributed by atoms with van der Waals surface area (Å²) < 4.78 is 0. The Labute approximate surface area is 176 Å². The highest BCUT2D eigenvalue weighted by Crippen LogP contribution is 2.29. The number of hydrogen-bond acceptors (Lipinski definition) is 6. The summed E-state index contributed by atoms with van der Waals surface area (Å²) in [6.07, 6.45) is 7.02. The van der Waals surface area contributed by atoms with Gasteiger partial charge in [0, 0.05) is 37.6 Å². The molecule has 2 atom stereocenters. The molecule has 0 bridgehead atoms. The quantitative estimate of drug-likeness (QED) is 0.612. The van der Waals surface area contributed by atoms with Gasteiger partial charge in [-0.15, -0.1) is 0 Å². The number of carboxylic acids is 2. The molecule has 160 valence electrons. The van der Waals surface area contributed by atoms with E-state index in [4.69, 9.17) is 0 Å². The van der Waals surface area contributed by atoms with Gasteiger partial charge in [-0.1, -0.05) is 25.0 Å². The first-order valence-electron chi connectivity index (χ1n) is 10.2. The Morgan fingerprint density at radius 1 is 0.800 bits per heavy atom. The molecule has 1 aliphatic rings. The largest absolute Gasteiger partial charge is 0.480 e. The van der Waals surface area contributed by atoms with Crippen LogP contribution in [0, 0.1) is 0 Å². The van der Waals surface area contributed by atoms with Crippen LogP contribution in [0.1, 0.15) is 37.1 Å². The maximum absolute atomic E-state index is 11.6. The number of carbonyl (C=O) groups is 2. The molecular weight excluding hydrogens is 384 g/mol. The third-order valence-electron chi connectivity index (χ3n) is 5.49. The molecule has 30 heavy (non-hydrogen) atoms. The molecule has 1 fully saturated rings. The highest BCUT2D eigenvalue weighted by molar-refractivity contribution is 5.69. The second kappa shape index (κ2) is 10.8. The molecule has 0 amide bonds. The van der Waals surface area contributed by atoms with Crippen LogP contribution in [0.15, 0.2) is 48.8 Å². The summed E-state index contributed by atoms with van der Waals surface area (Å²) in [5.41, 5.74) is 1.61. The van der Waals surface area contributed by atoms with Crippen LogP contribution < -0.4 is 0 Å². The maximum atomic E-state index is 11.6. The predicted octanol–water partition coefficient (Wildman–Crippen LogP) is 2.26. The highest BCUT2D eigenvalue weighted by Gasteiger charge is 2.36. The second-order valence-corrected chi connectivity index (χ2v) is 7.66. The fourth-order valence-electron chi connectivity index (χ4n) is 4.27. The van der Waals surface area contributed by atoms with Gasteiger partial charge < -0.3 is 10.2 Å². The predicted molar refractivity (Wildman–Crippen MR) is 111 cm³/mol. The molecule has 0 saturated heterocycles. The minimum atomic E-state index is -0.898. The molecule has 0 radical (unpaired) electrons. The van der Waals surface area contributed by atoms with E-state index in [2.05, 4.69) is 9.97 Å². The summed E-state index contributed by atoms with van der Waals surface area (Å²) >= 11 is 0. The number of aromatic nitrogens is 2. The summed E-state index contributed by atoms with van der Waals surface area (Å²) in [7, 11) is 0. The molecule has 0 aliphatic heterocycles. The van der Waals surface area contributed by atoms with Gasteiger partial charge in [-0.3, -0.25) is 29.4 Å². The van der Waals surface area contributed by atoms with Crippen molar-refractivity contribution in [2.75, 3.05) is 13.1 Å². The fraction of sp³-hybridized carbons (Fsp3) is 0.455. The molecule has 3 rings (SSSR count). The van der Waals surface area contributed by atoms with Gasteiger partial charge in [0.25, 0.3) is 0 Å². The van der Waals surface area contributed by atoms with E-state index in [-0.39, 0.29) is 25.2 Å². The Balaban J connectivity index is 1.85. The zero-order chi connectivity index (χ0) is 21.3. The van der Waals surface area contributed by atoms with E-state index in [0.717, 1.165) is 37.1 Å². The molecule has 2 aromatic rings. The van der Waals surface area contributed by atoms with Crippen LogP contribution in [0.4, 0.5) is 0 Å². The van der Waals surface area contributed by atoms with Gasteiger partial charge in [-0.2, -0.15) is 0 Å². The van der Waals surface area contributed by atoms with Crippen LogP contribution in [0.5, 0.6) is 0 Å². The summed E-state index contributed by atoms with van der Waals surface area (Å²) in [4.78, 5) is 35.8. The van der Waals surface area contributed by atoms with Crippen LogP contribution in [-0.4, -0.2) is 67.1 Å². The summed E-state index contributed by atoms with van der Waals surface area (Å²) in [6.45, 7) is 0.613. The monoisotopic (exact) mass is 412 g/mol. The first-order chi connectivity index (χ1) is 14.5. The molecule has 0 unspecified atom stereocenters. The van der Waals surface area contributed by atoms with Crippen molar-refractivity contribution < 1.29 is 19.8 Å². The van der Waals surface area contributed by atoms with Gasteiger partial charge in [0.05, 0.1) is 24.5 Å². The Morgan fingerprint density at radius 2 is 1.23 bits per heavy atom. The summed E-state index contributed by atoms with van der Waals surface area (Å²) in [5.74, 6) is -1.80. The number of rotatable bonds is 10. The second-order valence-electron chi connectivity index (χ2n) is 7.66. The molecule has 2 aromatic heterocycles. The lowest BCUT2D eigenvalue weighted by molar-refractivity contribution is -0.143. The molecule has 8 heteroatoms. The lowest BCUT2D eigenvalue weighted by atomic mass is 9.87. The molecule has 2 heterocycles. The maximum Gasteiger partial charge on any atom is 0.317 e. The van der Waals surface area contributed by atoms with Crippen molar-refractivity contribution in [1.82, 2.24) is 19.8 Å². The van der Waals surface area contributed by atoms with E-state index < -0.39 is 11.9 Å². The van der Waals surface area contributed by atoms with E-state index in [0.29, 0.717) is 13.1 Å². The SMILES string of the molecule is O=C(O)CN(Cc1ccccn1)[C@H]1CCCC[C@@H]1N(CC(=O)O)Cc1ccccn1. The summed E-state index contributed by atoms with van der Waals surface area (Å²) in [6, 6.07) is 11.1. The average molecular weight is 412 g/mol. The molecule has 0 spiro atoms. The minimum Gasteiger partial charge on any atom is -0.480 e. The van der Waals surface area contributed by atoms with Crippen LogP contribution in [0.3, 0.4) is 0 Å². The van der Waals surface area contributed by atoms with Gasteiger partial charge in [-0.05, 0) is 37.1 Å². The average Bonchev–Trinajstić information content (AvgIpc) is 2.74. The zero-order valence-electron chi connectivity index (χ0n) is 16.9. The van der Waals surface area contributed by atoms with Crippen molar-refractivity contribution in [3.05, 3.63) is 60.2 Å². The molecule has 2 N–H and O–H groups in total. The van der Waals surface area contributed by atoms with E-state index in [9.17, 15) is 19.8 Å². The highest BCUT2D eigenvalue weighted by atomic mass is 16.4. The molecule has 1 saturated carbocycles. The van der Waals surface area contributed by atoms with Crippen molar-refractivity contribution in [3.8, 4) is 0 Å². The van der Waals surface area contributed by atoms with Gasteiger partial charge in [0.1, 0.15) is 0 Å². The van der Waals surface area contributed by atoms with Crippen LogP contribution >= 0.6 is 0 Å². The number of hydrogen-bond donors (Lipinski definition) is 2. The first kappa shape index (κ1) is 21.9. The fourth-order valence-corrected chi connectivity index (χ4v) is 4.27. The lowest BCUT2D eigenvalue weighted by Gasteiger charge is -2.44. The van der Waals surface area contributed by atoms with Crippen molar-refractivity contribution in [1.29, 1.82) is 0 Å². The third kappa shape index (κ3) is 6.33. The van der Waals surface area contributed by atoms with Crippen molar-refractivity contribution in [2.24, 2.45) is 0 Å². The Morgan fingerprint density at radius 3 is 1.57 bits per heavy atom. The molecule has 0 aromatic carbocycles. The van der Waals surface area contributed by atoms with E-state index >= 15 is 0 Å².